The van der Waals surface area contributed by atoms with Crippen molar-refractivity contribution in [2.75, 3.05) is 18.1 Å². The van der Waals surface area contributed by atoms with Gasteiger partial charge in [-0.25, -0.2) is 9.37 Å². The van der Waals surface area contributed by atoms with Crippen LogP contribution in [0.4, 0.5) is 29.1 Å². The summed E-state index contributed by atoms with van der Waals surface area (Å²) in [5.74, 6) is -2.90. The molecular formula is C20H20F4N4O3. The van der Waals surface area contributed by atoms with E-state index in [1.165, 1.54) is 20.2 Å². The normalized spacial score (nSPS) is 16.5. The molecule has 0 saturated carbocycles. The second-order valence-corrected chi connectivity index (χ2v) is 7.18. The molecule has 0 bridgehead atoms. The average Bonchev–Trinajstić information content (AvgIpc) is 3.10. The van der Waals surface area contributed by atoms with Crippen LogP contribution < -0.4 is 11.1 Å². The van der Waals surface area contributed by atoms with E-state index in [1.807, 2.05) is 0 Å². The molecule has 0 radical (unpaired) electrons. The van der Waals surface area contributed by atoms with Crippen LogP contribution in [0.1, 0.15) is 48.2 Å². The van der Waals surface area contributed by atoms with E-state index in [0.717, 1.165) is 17.0 Å². The number of halogens is 4. The summed E-state index contributed by atoms with van der Waals surface area (Å²) in [5.41, 5.74) is 6.02. The number of alkyl halides is 3. The summed E-state index contributed by atoms with van der Waals surface area (Å²) < 4.78 is 58.0. The van der Waals surface area contributed by atoms with Crippen molar-refractivity contribution in [3.8, 4) is 0 Å². The molecule has 1 aromatic heterocycles. The number of pyridine rings is 1. The number of aromatic nitrogens is 1. The highest BCUT2D eigenvalue weighted by atomic mass is 19.4. The zero-order valence-electron chi connectivity index (χ0n) is 16.9. The minimum absolute atomic E-state index is 0.158. The minimum atomic E-state index is -4.70. The van der Waals surface area contributed by atoms with E-state index < -0.39 is 35.4 Å². The standard InChI is InChI=1S/C20H20F4N4O3/c1-9(12-5-4-11(6-14(12)21)20(22,23)24)28(3)19(30)18(29)27-15-7-26-17(25)16-10(2)31-8-13(15)16/h4-7,9-10H,8H2,1-3H3,(H2,25,26)(H,27,29)/t9-,10+/m1/s1. The first-order chi connectivity index (χ1) is 14.4. The molecule has 0 aliphatic carbocycles. The molecule has 2 aromatic rings. The van der Waals surface area contributed by atoms with Gasteiger partial charge in [-0.15, -0.1) is 0 Å². The molecule has 0 spiro atoms. The number of carbonyl (C=O) groups is 2. The number of rotatable bonds is 3. The molecule has 2 amide bonds. The van der Waals surface area contributed by atoms with Crippen LogP contribution in [0, 0.1) is 5.82 Å². The molecule has 0 unspecified atom stereocenters. The summed E-state index contributed by atoms with van der Waals surface area (Å²) in [6, 6.07) is 1.02. The van der Waals surface area contributed by atoms with Crippen LogP contribution in [0.15, 0.2) is 24.4 Å². The molecule has 3 rings (SSSR count). The van der Waals surface area contributed by atoms with Crippen molar-refractivity contribution >= 4 is 23.3 Å². The van der Waals surface area contributed by atoms with Gasteiger partial charge in [0, 0.05) is 23.7 Å². The highest BCUT2D eigenvalue weighted by molar-refractivity contribution is 6.39. The quantitative estimate of drug-likeness (QED) is 0.562. The minimum Gasteiger partial charge on any atom is -0.383 e. The molecule has 0 saturated heterocycles. The molecule has 31 heavy (non-hydrogen) atoms. The van der Waals surface area contributed by atoms with Gasteiger partial charge in [0.25, 0.3) is 0 Å². The number of anilines is 2. The van der Waals surface area contributed by atoms with Gasteiger partial charge in [0.1, 0.15) is 11.6 Å². The van der Waals surface area contributed by atoms with Gasteiger partial charge in [-0.1, -0.05) is 6.07 Å². The molecule has 1 aliphatic heterocycles. The maximum Gasteiger partial charge on any atom is 0.416 e. The van der Waals surface area contributed by atoms with Crippen molar-refractivity contribution in [3.05, 3.63) is 52.5 Å². The monoisotopic (exact) mass is 440 g/mol. The maximum atomic E-state index is 14.3. The average molecular weight is 440 g/mol. The lowest BCUT2D eigenvalue weighted by Crippen LogP contribution is -2.39. The number of hydrogen-bond acceptors (Lipinski definition) is 5. The Kier molecular flexibility index (Phi) is 5.90. The summed E-state index contributed by atoms with van der Waals surface area (Å²) in [7, 11) is 1.25. The number of carbonyl (C=O) groups excluding carboxylic acids is 2. The first-order valence-corrected chi connectivity index (χ1v) is 9.25. The Balaban J connectivity index is 1.77. The Morgan fingerprint density at radius 1 is 1.35 bits per heavy atom. The van der Waals surface area contributed by atoms with Crippen LogP contribution in [-0.4, -0.2) is 28.7 Å². The zero-order valence-corrected chi connectivity index (χ0v) is 16.9. The lowest BCUT2D eigenvalue weighted by atomic mass is 10.0. The fourth-order valence-corrected chi connectivity index (χ4v) is 3.35. The van der Waals surface area contributed by atoms with Crippen molar-refractivity contribution in [1.82, 2.24) is 9.88 Å². The van der Waals surface area contributed by atoms with Crippen molar-refractivity contribution in [3.63, 3.8) is 0 Å². The summed E-state index contributed by atoms with van der Waals surface area (Å²) >= 11 is 0. The van der Waals surface area contributed by atoms with E-state index in [1.54, 1.807) is 6.92 Å². The SMILES string of the molecule is C[C@@H]1OCc2c(NC(=O)C(=O)N(C)[C@H](C)c3ccc(C(F)(F)F)cc3F)cnc(N)c21. The molecule has 7 nitrogen and oxygen atoms in total. The van der Waals surface area contributed by atoms with Crippen molar-refractivity contribution in [2.24, 2.45) is 0 Å². The number of amides is 2. The van der Waals surface area contributed by atoms with E-state index in [9.17, 15) is 27.2 Å². The maximum absolute atomic E-state index is 14.3. The summed E-state index contributed by atoms with van der Waals surface area (Å²) in [6.45, 7) is 3.35. The van der Waals surface area contributed by atoms with Crippen molar-refractivity contribution in [1.29, 1.82) is 0 Å². The van der Waals surface area contributed by atoms with Crippen LogP contribution in [-0.2, 0) is 27.1 Å². The van der Waals surface area contributed by atoms with Gasteiger partial charge < -0.3 is 20.7 Å². The number of nitrogens with zero attached hydrogens (tertiary/aromatic N) is 2. The number of benzene rings is 1. The molecule has 3 N–H and O–H groups in total. The first kappa shape index (κ1) is 22.5. The van der Waals surface area contributed by atoms with E-state index >= 15 is 0 Å². The van der Waals surface area contributed by atoms with Gasteiger partial charge in [-0.2, -0.15) is 13.2 Å². The van der Waals surface area contributed by atoms with Crippen LogP contribution in [0.25, 0.3) is 0 Å². The Bertz CT molecular complexity index is 1040. The van der Waals surface area contributed by atoms with Crippen molar-refractivity contribution < 1.29 is 31.9 Å². The second-order valence-electron chi connectivity index (χ2n) is 7.18. The van der Waals surface area contributed by atoms with Gasteiger partial charge in [0.15, 0.2) is 0 Å². The number of likely N-dealkylation sites (N-methyl/N-ethyl adjacent to an activating group) is 1. The van der Waals surface area contributed by atoms with Crippen LogP contribution in [0.2, 0.25) is 0 Å². The highest BCUT2D eigenvalue weighted by Crippen LogP contribution is 2.37. The van der Waals surface area contributed by atoms with Gasteiger partial charge in [-0.05, 0) is 26.0 Å². The van der Waals surface area contributed by atoms with E-state index in [2.05, 4.69) is 10.3 Å². The fourth-order valence-electron chi connectivity index (χ4n) is 3.35. The molecule has 2 atom stereocenters. The molecule has 1 aliphatic rings. The third-order valence-corrected chi connectivity index (χ3v) is 5.26. The third kappa shape index (κ3) is 4.31. The smallest absolute Gasteiger partial charge is 0.383 e. The topological polar surface area (TPSA) is 97.5 Å². The highest BCUT2D eigenvalue weighted by Gasteiger charge is 2.33. The molecule has 0 fully saturated rings. The van der Waals surface area contributed by atoms with Crippen LogP contribution in [0.3, 0.4) is 0 Å². The number of nitrogen functional groups attached to an aromatic ring is 1. The third-order valence-electron chi connectivity index (χ3n) is 5.26. The molecule has 2 heterocycles. The van der Waals surface area contributed by atoms with Crippen molar-refractivity contribution in [2.45, 2.75) is 38.8 Å². The zero-order chi connectivity index (χ0) is 23.1. The Morgan fingerprint density at radius 3 is 2.65 bits per heavy atom. The first-order valence-electron chi connectivity index (χ1n) is 9.25. The number of nitrogens with one attached hydrogen (secondary N) is 1. The summed E-state index contributed by atoms with van der Waals surface area (Å²) in [5, 5.41) is 2.45. The number of nitrogens with two attached hydrogens (primary N) is 1. The second kappa shape index (κ2) is 8.14. The number of ether oxygens (including phenoxy) is 1. The number of hydrogen-bond donors (Lipinski definition) is 2. The molecule has 1 aromatic carbocycles. The Labute approximate surface area is 175 Å². The molecule has 166 valence electrons. The van der Waals surface area contributed by atoms with E-state index in [-0.39, 0.29) is 29.8 Å². The lowest BCUT2D eigenvalue weighted by Gasteiger charge is -2.25. The van der Waals surface area contributed by atoms with Crippen LogP contribution >= 0.6 is 0 Å². The summed E-state index contributed by atoms with van der Waals surface area (Å²) in [6.07, 6.45) is -3.71. The summed E-state index contributed by atoms with van der Waals surface area (Å²) in [4.78, 5) is 30.0. The Morgan fingerprint density at radius 2 is 2.03 bits per heavy atom. The van der Waals surface area contributed by atoms with E-state index in [4.69, 9.17) is 10.5 Å². The fraction of sp³-hybridized carbons (Fsp3) is 0.350. The predicted octanol–water partition coefficient (Wildman–Crippen LogP) is 3.57. The van der Waals surface area contributed by atoms with Gasteiger partial charge in [-0.3, -0.25) is 9.59 Å². The molecular weight excluding hydrogens is 420 g/mol. The Hall–Kier alpha value is -3.21. The van der Waals surface area contributed by atoms with Gasteiger partial charge in [0.05, 0.1) is 36.2 Å². The largest absolute Gasteiger partial charge is 0.416 e. The van der Waals surface area contributed by atoms with Gasteiger partial charge in [0.2, 0.25) is 0 Å². The van der Waals surface area contributed by atoms with E-state index in [0.29, 0.717) is 17.2 Å². The van der Waals surface area contributed by atoms with Gasteiger partial charge >= 0.3 is 18.0 Å². The number of fused-ring (bicyclic) bond motifs is 1. The predicted molar refractivity (Wildman–Crippen MR) is 103 cm³/mol. The van der Waals surface area contributed by atoms with Crippen LogP contribution in [0.5, 0.6) is 0 Å². The lowest BCUT2D eigenvalue weighted by molar-refractivity contribution is -0.143. The molecule has 11 heteroatoms.